The second kappa shape index (κ2) is 5.72. The summed E-state index contributed by atoms with van der Waals surface area (Å²) in [5, 5.41) is 0. The monoisotopic (exact) mass is 288 g/mol. The van der Waals surface area contributed by atoms with E-state index in [4.69, 9.17) is 18.0 Å². The molecule has 0 bridgehead atoms. The zero-order chi connectivity index (χ0) is 14.1. The topological polar surface area (TPSA) is 29.3 Å². The standard InChI is InChI=1S/C17H24N2S/c1-12-5-4-8-15(17(18)20)16(12)19-10-9-13-6-2-3-7-14(13)11-19/h4-5,8,13-14H,2-3,6-7,9-11H2,1H3,(H2,18,20). The fourth-order valence-electron chi connectivity index (χ4n) is 4.08. The molecule has 1 saturated carbocycles. The lowest BCUT2D eigenvalue weighted by atomic mass is 9.75. The summed E-state index contributed by atoms with van der Waals surface area (Å²) in [6.07, 6.45) is 7.01. The maximum atomic E-state index is 5.93. The van der Waals surface area contributed by atoms with E-state index in [1.165, 1.54) is 49.9 Å². The summed E-state index contributed by atoms with van der Waals surface area (Å²) >= 11 is 5.24. The van der Waals surface area contributed by atoms with Gasteiger partial charge in [0, 0.05) is 24.3 Å². The first-order chi connectivity index (χ1) is 9.66. The van der Waals surface area contributed by atoms with Gasteiger partial charge in [-0.1, -0.05) is 43.6 Å². The molecule has 2 N–H and O–H groups in total. The van der Waals surface area contributed by atoms with E-state index in [0.717, 1.165) is 23.9 Å². The van der Waals surface area contributed by atoms with Gasteiger partial charge in [-0.25, -0.2) is 0 Å². The fraction of sp³-hybridized carbons (Fsp3) is 0.588. The summed E-state index contributed by atoms with van der Waals surface area (Å²) in [7, 11) is 0. The third kappa shape index (κ3) is 2.56. The molecular formula is C17H24N2S. The maximum absolute atomic E-state index is 5.93. The Kier molecular flexibility index (Phi) is 3.97. The predicted molar refractivity (Wildman–Crippen MR) is 89.3 cm³/mol. The van der Waals surface area contributed by atoms with E-state index in [-0.39, 0.29) is 0 Å². The van der Waals surface area contributed by atoms with Crippen molar-refractivity contribution in [2.45, 2.75) is 39.0 Å². The van der Waals surface area contributed by atoms with Gasteiger partial charge in [0.15, 0.2) is 0 Å². The highest BCUT2D eigenvalue weighted by Gasteiger charge is 2.32. The van der Waals surface area contributed by atoms with E-state index in [0.29, 0.717) is 4.99 Å². The predicted octanol–water partition coefficient (Wildman–Crippen LogP) is 3.65. The summed E-state index contributed by atoms with van der Waals surface area (Å²) in [5.41, 5.74) is 9.55. The third-order valence-electron chi connectivity index (χ3n) is 5.11. The van der Waals surface area contributed by atoms with Gasteiger partial charge in [-0.15, -0.1) is 0 Å². The van der Waals surface area contributed by atoms with Gasteiger partial charge >= 0.3 is 0 Å². The number of hydrogen-bond acceptors (Lipinski definition) is 2. The lowest BCUT2D eigenvalue weighted by Gasteiger charge is -2.43. The minimum Gasteiger partial charge on any atom is -0.389 e. The van der Waals surface area contributed by atoms with Gasteiger partial charge in [-0.05, 0) is 43.2 Å². The summed E-state index contributed by atoms with van der Waals surface area (Å²) in [6.45, 7) is 4.51. The molecule has 2 atom stereocenters. The molecule has 1 heterocycles. The number of anilines is 1. The van der Waals surface area contributed by atoms with Crippen LogP contribution in [0.2, 0.25) is 0 Å². The second-order valence-corrected chi connectivity index (χ2v) is 6.81. The fourth-order valence-corrected chi connectivity index (χ4v) is 4.25. The van der Waals surface area contributed by atoms with Crippen molar-refractivity contribution in [3.8, 4) is 0 Å². The number of benzene rings is 1. The number of fused-ring (bicyclic) bond motifs is 1. The van der Waals surface area contributed by atoms with Gasteiger partial charge in [0.2, 0.25) is 0 Å². The van der Waals surface area contributed by atoms with E-state index < -0.39 is 0 Å². The molecule has 2 unspecified atom stereocenters. The number of hydrogen-bond donors (Lipinski definition) is 1. The summed E-state index contributed by atoms with van der Waals surface area (Å²) in [6, 6.07) is 6.29. The Morgan fingerprint density at radius 3 is 2.70 bits per heavy atom. The van der Waals surface area contributed by atoms with E-state index in [1.807, 2.05) is 0 Å². The van der Waals surface area contributed by atoms with Gasteiger partial charge in [0.25, 0.3) is 0 Å². The smallest absolute Gasteiger partial charge is 0.106 e. The van der Waals surface area contributed by atoms with Crippen LogP contribution in [-0.2, 0) is 0 Å². The van der Waals surface area contributed by atoms with Crippen LogP contribution >= 0.6 is 12.2 Å². The molecule has 1 aromatic rings. The van der Waals surface area contributed by atoms with Crippen molar-refractivity contribution in [1.29, 1.82) is 0 Å². The van der Waals surface area contributed by atoms with Crippen molar-refractivity contribution in [1.82, 2.24) is 0 Å². The Bertz CT molecular complexity index is 512. The Labute approximate surface area is 127 Å². The highest BCUT2D eigenvalue weighted by atomic mass is 32.1. The molecule has 0 radical (unpaired) electrons. The molecule has 1 aliphatic carbocycles. The van der Waals surface area contributed by atoms with Gasteiger partial charge in [-0.3, -0.25) is 0 Å². The molecule has 0 spiro atoms. The van der Waals surface area contributed by atoms with E-state index >= 15 is 0 Å². The zero-order valence-corrected chi connectivity index (χ0v) is 13.1. The van der Waals surface area contributed by atoms with Crippen LogP contribution in [0.3, 0.4) is 0 Å². The van der Waals surface area contributed by atoms with Crippen molar-refractivity contribution in [2.75, 3.05) is 18.0 Å². The first-order valence-electron chi connectivity index (χ1n) is 7.81. The normalized spacial score (nSPS) is 26.1. The average Bonchev–Trinajstić information content (AvgIpc) is 2.46. The molecule has 108 valence electrons. The minimum atomic E-state index is 0.523. The number of piperidine rings is 1. The molecular weight excluding hydrogens is 264 g/mol. The first-order valence-corrected chi connectivity index (χ1v) is 8.22. The number of aryl methyl sites for hydroxylation is 1. The lowest BCUT2D eigenvalue weighted by Crippen LogP contribution is -2.42. The molecule has 1 aliphatic heterocycles. The molecule has 20 heavy (non-hydrogen) atoms. The number of nitrogens with zero attached hydrogens (tertiary/aromatic N) is 1. The van der Waals surface area contributed by atoms with Gasteiger partial charge in [0.05, 0.1) is 0 Å². The summed E-state index contributed by atoms with van der Waals surface area (Å²) < 4.78 is 0. The molecule has 3 rings (SSSR count). The Balaban J connectivity index is 1.88. The Hall–Kier alpha value is -1.09. The quantitative estimate of drug-likeness (QED) is 0.842. The van der Waals surface area contributed by atoms with Crippen LogP contribution in [-0.4, -0.2) is 18.1 Å². The van der Waals surface area contributed by atoms with Crippen LogP contribution in [0, 0.1) is 18.8 Å². The van der Waals surface area contributed by atoms with Gasteiger partial charge in [0.1, 0.15) is 4.99 Å². The highest BCUT2D eigenvalue weighted by molar-refractivity contribution is 7.80. The average molecular weight is 288 g/mol. The molecule has 2 aliphatic rings. The molecule has 3 heteroatoms. The maximum Gasteiger partial charge on any atom is 0.106 e. The lowest BCUT2D eigenvalue weighted by molar-refractivity contribution is 0.202. The number of thiocarbonyl (C=S) groups is 1. The third-order valence-corrected chi connectivity index (χ3v) is 5.33. The van der Waals surface area contributed by atoms with Crippen LogP contribution < -0.4 is 10.6 Å². The molecule has 1 saturated heterocycles. The zero-order valence-electron chi connectivity index (χ0n) is 12.3. The van der Waals surface area contributed by atoms with Gasteiger partial charge in [-0.2, -0.15) is 0 Å². The highest BCUT2D eigenvalue weighted by Crippen LogP contribution is 2.39. The van der Waals surface area contributed by atoms with Crippen LogP contribution in [0.1, 0.15) is 43.2 Å². The summed E-state index contributed by atoms with van der Waals surface area (Å²) in [5.74, 6) is 1.83. The number of nitrogens with two attached hydrogens (primary N) is 1. The first kappa shape index (κ1) is 13.9. The molecule has 2 nitrogen and oxygen atoms in total. The van der Waals surface area contributed by atoms with Crippen molar-refractivity contribution < 1.29 is 0 Å². The molecule has 0 aromatic heterocycles. The van der Waals surface area contributed by atoms with Crippen molar-refractivity contribution in [2.24, 2.45) is 17.6 Å². The number of para-hydroxylation sites is 1. The molecule has 1 aromatic carbocycles. The van der Waals surface area contributed by atoms with E-state index in [2.05, 4.69) is 30.0 Å². The van der Waals surface area contributed by atoms with Crippen molar-refractivity contribution in [3.63, 3.8) is 0 Å². The van der Waals surface area contributed by atoms with Crippen LogP contribution in [0.15, 0.2) is 18.2 Å². The van der Waals surface area contributed by atoms with Crippen molar-refractivity contribution in [3.05, 3.63) is 29.3 Å². The van der Waals surface area contributed by atoms with Crippen LogP contribution in [0.25, 0.3) is 0 Å². The Morgan fingerprint density at radius 2 is 1.95 bits per heavy atom. The van der Waals surface area contributed by atoms with Gasteiger partial charge < -0.3 is 10.6 Å². The SMILES string of the molecule is Cc1cccc(C(N)=S)c1N1CCC2CCCCC2C1. The van der Waals surface area contributed by atoms with Crippen molar-refractivity contribution >= 4 is 22.9 Å². The van der Waals surface area contributed by atoms with Crippen LogP contribution in [0.4, 0.5) is 5.69 Å². The summed E-state index contributed by atoms with van der Waals surface area (Å²) in [4.78, 5) is 3.06. The molecule has 2 fully saturated rings. The van der Waals surface area contributed by atoms with E-state index in [9.17, 15) is 0 Å². The Morgan fingerprint density at radius 1 is 1.20 bits per heavy atom. The van der Waals surface area contributed by atoms with Crippen LogP contribution in [0.5, 0.6) is 0 Å². The van der Waals surface area contributed by atoms with E-state index in [1.54, 1.807) is 0 Å². The largest absolute Gasteiger partial charge is 0.389 e. The second-order valence-electron chi connectivity index (χ2n) is 6.37. The minimum absolute atomic E-state index is 0.523. The molecule has 0 amide bonds. The number of rotatable bonds is 2.